The van der Waals surface area contributed by atoms with Gasteiger partial charge in [-0.25, -0.2) is 0 Å². The van der Waals surface area contributed by atoms with Crippen molar-refractivity contribution >= 4 is 12.4 Å². The summed E-state index contributed by atoms with van der Waals surface area (Å²) in [7, 11) is 0. The molecule has 0 aromatic rings. The van der Waals surface area contributed by atoms with Gasteiger partial charge >= 0.3 is 6.18 Å². The van der Waals surface area contributed by atoms with Crippen LogP contribution in [0.4, 0.5) is 13.2 Å². The highest BCUT2D eigenvalue weighted by Crippen LogP contribution is 2.15. The number of hydrogen-bond donors (Lipinski definition) is 1. The first-order valence-electron chi connectivity index (χ1n) is 2.01. The van der Waals surface area contributed by atoms with Crippen molar-refractivity contribution in [2.75, 3.05) is 6.54 Å². The van der Waals surface area contributed by atoms with Gasteiger partial charge in [-0.3, -0.25) is 0 Å². The highest BCUT2D eigenvalue weighted by Gasteiger charge is 2.21. The standard InChI is InChI=1S/C4H6F3N.ClH/c5-4(6,7)2-1-3-8;/h1-2H,3,8H2;1H. The molecule has 0 fully saturated rings. The zero-order chi connectivity index (χ0) is 6.62. The fourth-order valence-electron chi connectivity index (χ4n) is 0.202. The summed E-state index contributed by atoms with van der Waals surface area (Å²) in [6.07, 6.45) is -3.23. The summed E-state index contributed by atoms with van der Waals surface area (Å²) in [5, 5.41) is 0. The van der Waals surface area contributed by atoms with Crippen LogP contribution in [0.2, 0.25) is 0 Å². The van der Waals surface area contributed by atoms with Gasteiger partial charge in [0, 0.05) is 12.6 Å². The Kier molecular flexibility index (Phi) is 5.96. The van der Waals surface area contributed by atoms with Gasteiger partial charge in [0.1, 0.15) is 0 Å². The third kappa shape index (κ3) is 11.4. The van der Waals surface area contributed by atoms with Crippen LogP contribution in [-0.2, 0) is 0 Å². The van der Waals surface area contributed by atoms with Gasteiger partial charge in [0.2, 0.25) is 0 Å². The molecule has 0 aromatic carbocycles. The topological polar surface area (TPSA) is 26.0 Å². The van der Waals surface area contributed by atoms with Crippen LogP contribution in [0.3, 0.4) is 0 Å². The van der Waals surface area contributed by atoms with Crippen molar-refractivity contribution in [3.05, 3.63) is 12.2 Å². The monoisotopic (exact) mass is 161 g/mol. The van der Waals surface area contributed by atoms with E-state index in [-0.39, 0.29) is 25.0 Å². The average Bonchev–Trinajstić information content (AvgIpc) is 1.59. The molecule has 0 saturated carbocycles. The maximum absolute atomic E-state index is 11.1. The van der Waals surface area contributed by atoms with Crippen molar-refractivity contribution in [3.63, 3.8) is 0 Å². The third-order valence-corrected chi connectivity index (χ3v) is 0.443. The second-order valence-corrected chi connectivity index (χ2v) is 1.18. The summed E-state index contributed by atoms with van der Waals surface area (Å²) in [5.74, 6) is 0. The molecule has 9 heavy (non-hydrogen) atoms. The van der Waals surface area contributed by atoms with Gasteiger partial charge in [0.25, 0.3) is 0 Å². The Morgan fingerprint density at radius 1 is 1.33 bits per heavy atom. The van der Waals surface area contributed by atoms with E-state index < -0.39 is 6.18 Å². The summed E-state index contributed by atoms with van der Waals surface area (Å²) in [5.41, 5.74) is 4.75. The van der Waals surface area contributed by atoms with Gasteiger partial charge in [-0.2, -0.15) is 13.2 Å². The summed E-state index contributed by atoms with van der Waals surface area (Å²) in [4.78, 5) is 0. The van der Waals surface area contributed by atoms with Crippen LogP contribution in [0, 0.1) is 0 Å². The van der Waals surface area contributed by atoms with Gasteiger partial charge in [-0.1, -0.05) is 6.08 Å². The maximum atomic E-state index is 11.1. The highest BCUT2D eigenvalue weighted by atomic mass is 35.5. The fraction of sp³-hybridized carbons (Fsp3) is 0.500. The van der Waals surface area contributed by atoms with Crippen molar-refractivity contribution in [1.82, 2.24) is 0 Å². The largest absolute Gasteiger partial charge is 0.409 e. The molecule has 0 aromatic heterocycles. The third-order valence-electron chi connectivity index (χ3n) is 0.443. The van der Waals surface area contributed by atoms with Crippen LogP contribution >= 0.6 is 12.4 Å². The van der Waals surface area contributed by atoms with Gasteiger partial charge in [-0.15, -0.1) is 12.4 Å². The molecule has 0 bridgehead atoms. The van der Waals surface area contributed by atoms with Crippen molar-refractivity contribution in [2.45, 2.75) is 6.18 Å². The molecule has 2 N–H and O–H groups in total. The average molecular weight is 162 g/mol. The Labute approximate surface area is 57.1 Å². The Hall–Kier alpha value is -0.220. The van der Waals surface area contributed by atoms with Crippen LogP contribution in [0.15, 0.2) is 12.2 Å². The van der Waals surface area contributed by atoms with Crippen LogP contribution < -0.4 is 5.73 Å². The Morgan fingerprint density at radius 2 is 1.78 bits per heavy atom. The molecule has 56 valence electrons. The SMILES string of the molecule is Cl.NCC=CC(F)(F)F. The van der Waals surface area contributed by atoms with Gasteiger partial charge in [0.05, 0.1) is 0 Å². The van der Waals surface area contributed by atoms with E-state index in [0.29, 0.717) is 0 Å². The normalized spacial score (nSPS) is 11.6. The van der Waals surface area contributed by atoms with E-state index >= 15 is 0 Å². The minimum atomic E-state index is -4.21. The maximum Gasteiger partial charge on any atom is 0.409 e. The Morgan fingerprint density at radius 3 is 1.89 bits per heavy atom. The lowest BCUT2D eigenvalue weighted by Crippen LogP contribution is -2.03. The zero-order valence-electron chi connectivity index (χ0n) is 4.48. The fourth-order valence-corrected chi connectivity index (χ4v) is 0.202. The van der Waals surface area contributed by atoms with E-state index in [4.69, 9.17) is 5.73 Å². The van der Waals surface area contributed by atoms with Crippen molar-refractivity contribution < 1.29 is 13.2 Å². The minimum Gasteiger partial charge on any atom is -0.327 e. The highest BCUT2D eigenvalue weighted by molar-refractivity contribution is 5.85. The van der Waals surface area contributed by atoms with E-state index in [1.807, 2.05) is 0 Å². The lowest BCUT2D eigenvalue weighted by molar-refractivity contribution is -0.0799. The molecule has 5 heteroatoms. The summed E-state index contributed by atoms with van der Waals surface area (Å²) in [6, 6.07) is 0. The lowest BCUT2D eigenvalue weighted by Gasteiger charge is -1.94. The summed E-state index contributed by atoms with van der Waals surface area (Å²) >= 11 is 0. The first-order valence-corrected chi connectivity index (χ1v) is 2.01. The predicted molar refractivity (Wildman–Crippen MR) is 31.5 cm³/mol. The summed E-state index contributed by atoms with van der Waals surface area (Å²) < 4.78 is 33.3. The van der Waals surface area contributed by atoms with Gasteiger partial charge in [-0.05, 0) is 0 Å². The molecule has 0 amide bonds. The molecular formula is C4H7ClF3N. The van der Waals surface area contributed by atoms with Crippen LogP contribution in [0.25, 0.3) is 0 Å². The zero-order valence-corrected chi connectivity index (χ0v) is 5.30. The number of rotatable bonds is 1. The quantitative estimate of drug-likeness (QED) is 0.580. The first-order chi connectivity index (χ1) is 3.56. The van der Waals surface area contributed by atoms with Crippen LogP contribution in [0.5, 0.6) is 0 Å². The summed E-state index contributed by atoms with van der Waals surface area (Å²) in [6.45, 7) is -0.0699. The minimum absolute atomic E-state index is 0. The second kappa shape index (κ2) is 4.64. The molecule has 0 unspecified atom stereocenters. The number of hydrogen-bond acceptors (Lipinski definition) is 1. The lowest BCUT2D eigenvalue weighted by atomic mass is 10.5. The van der Waals surface area contributed by atoms with E-state index in [0.717, 1.165) is 6.08 Å². The van der Waals surface area contributed by atoms with Crippen molar-refractivity contribution in [3.8, 4) is 0 Å². The van der Waals surface area contributed by atoms with Crippen LogP contribution in [-0.4, -0.2) is 12.7 Å². The molecule has 0 saturated heterocycles. The molecule has 1 nitrogen and oxygen atoms in total. The molecule has 0 aliphatic heterocycles. The molecule has 0 spiro atoms. The Balaban J connectivity index is 0. The van der Waals surface area contributed by atoms with Crippen molar-refractivity contribution in [2.24, 2.45) is 5.73 Å². The molecule has 0 rings (SSSR count). The number of allylic oxidation sites excluding steroid dienone is 1. The molecular weight excluding hydrogens is 154 g/mol. The first kappa shape index (κ1) is 11.6. The molecule has 0 aliphatic rings. The van der Waals surface area contributed by atoms with Gasteiger partial charge < -0.3 is 5.73 Å². The number of nitrogens with two attached hydrogens (primary N) is 1. The molecule has 0 heterocycles. The number of halogens is 4. The van der Waals surface area contributed by atoms with E-state index in [2.05, 4.69) is 0 Å². The van der Waals surface area contributed by atoms with Crippen LogP contribution in [0.1, 0.15) is 0 Å². The predicted octanol–water partition coefficient (Wildman–Crippen LogP) is 1.49. The van der Waals surface area contributed by atoms with Crippen molar-refractivity contribution in [1.29, 1.82) is 0 Å². The molecule has 0 aliphatic carbocycles. The second-order valence-electron chi connectivity index (χ2n) is 1.18. The van der Waals surface area contributed by atoms with Gasteiger partial charge in [0.15, 0.2) is 0 Å². The van der Waals surface area contributed by atoms with E-state index in [9.17, 15) is 13.2 Å². The Bertz CT molecular complexity index is 88.3. The smallest absolute Gasteiger partial charge is 0.327 e. The number of alkyl halides is 3. The molecule has 0 atom stereocenters. The van der Waals surface area contributed by atoms with E-state index in [1.54, 1.807) is 0 Å². The van der Waals surface area contributed by atoms with E-state index in [1.165, 1.54) is 0 Å². The molecule has 0 radical (unpaired) electrons.